The molecule has 1 rings (SSSR count). The van der Waals surface area contributed by atoms with E-state index in [2.05, 4.69) is 0 Å². The SMILES string of the molecule is CCOC(=O)CCC1(N)CCCC1. The first-order valence-electron chi connectivity index (χ1n) is 5.11. The molecule has 3 nitrogen and oxygen atoms in total. The fraction of sp³-hybridized carbons (Fsp3) is 0.900. The third kappa shape index (κ3) is 3.35. The number of carbonyl (C=O) groups is 1. The number of hydrogen-bond donors (Lipinski definition) is 1. The molecule has 0 aromatic carbocycles. The van der Waals surface area contributed by atoms with E-state index < -0.39 is 0 Å². The van der Waals surface area contributed by atoms with E-state index >= 15 is 0 Å². The molecule has 0 heterocycles. The lowest BCUT2D eigenvalue weighted by molar-refractivity contribution is -0.143. The summed E-state index contributed by atoms with van der Waals surface area (Å²) in [5.74, 6) is -0.112. The average molecular weight is 185 g/mol. The van der Waals surface area contributed by atoms with Crippen molar-refractivity contribution in [1.29, 1.82) is 0 Å². The van der Waals surface area contributed by atoms with Crippen molar-refractivity contribution in [3.63, 3.8) is 0 Å². The molecular formula is C10H19NO2. The number of carbonyl (C=O) groups excluding carboxylic acids is 1. The second-order valence-corrected chi connectivity index (χ2v) is 3.87. The largest absolute Gasteiger partial charge is 0.466 e. The van der Waals surface area contributed by atoms with Crippen molar-refractivity contribution in [3.05, 3.63) is 0 Å². The quantitative estimate of drug-likeness (QED) is 0.677. The molecule has 0 aromatic heterocycles. The molecule has 13 heavy (non-hydrogen) atoms. The van der Waals surface area contributed by atoms with Crippen LogP contribution in [0.15, 0.2) is 0 Å². The summed E-state index contributed by atoms with van der Waals surface area (Å²) in [4.78, 5) is 11.1. The number of ether oxygens (including phenoxy) is 1. The Labute approximate surface area is 79.6 Å². The molecule has 0 atom stereocenters. The molecule has 1 saturated carbocycles. The summed E-state index contributed by atoms with van der Waals surface area (Å²) in [7, 11) is 0. The molecule has 2 N–H and O–H groups in total. The second kappa shape index (κ2) is 4.61. The van der Waals surface area contributed by atoms with Gasteiger partial charge in [-0.05, 0) is 26.2 Å². The van der Waals surface area contributed by atoms with Gasteiger partial charge >= 0.3 is 5.97 Å². The van der Waals surface area contributed by atoms with Crippen LogP contribution in [0.3, 0.4) is 0 Å². The van der Waals surface area contributed by atoms with Crippen LogP contribution >= 0.6 is 0 Å². The number of esters is 1. The fourth-order valence-electron chi connectivity index (χ4n) is 1.91. The molecule has 0 unspecified atom stereocenters. The maximum absolute atomic E-state index is 11.1. The van der Waals surface area contributed by atoms with E-state index in [1.807, 2.05) is 6.92 Å². The highest BCUT2D eigenvalue weighted by Crippen LogP contribution is 2.30. The summed E-state index contributed by atoms with van der Waals surface area (Å²) in [6, 6.07) is 0. The highest BCUT2D eigenvalue weighted by Gasteiger charge is 2.29. The topological polar surface area (TPSA) is 52.3 Å². The van der Waals surface area contributed by atoms with Crippen LogP contribution in [0, 0.1) is 0 Å². The van der Waals surface area contributed by atoms with Gasteiger partial charge in [0.05, 0.1) is 6.61 Å². The van der Waals surface area contributed by atoms with Crippen LogP contribution in [-0.4, -0.2) is 18.1 Å². The zero-order valence-electron chi connectivity index (χ0n) is 8.34. The highest BCUT2D eigenvalue weighted by atomic mass is 16.5. The van der Waals surface area contributed by atoms with E-state index in [0.29, 0.717) is 13.0 Å². The Morgan fingerprint density at radius 3 is 2.62 bits per heavy atom. The normalized spacial score (nSPS) is 20.2. The van der Waals surface area contributed by atoms with Crippen LogP contribution in [0.25, 0.3) is 0 Å². The third-order valence-electron chi connectivity index (χ3n) is 2.73. The summed E-state index contributed by atoms with van der Waals surface area (Å²) in [5.41, 5.74) is 6.02. The molecule has 0 amide bonds. The lowest BCUT2D eigenvalue weighted by atomic mass is 9.93. The Kier molecular flexibility index (Phi) is 3.72. The molecule has 1 fully saturated rings. The van der Waals surface area contributed by atoms with Gasteiger partial charge in [0.25, 0.3) is 0 Å². The van der Waals surface area contributed by atoms with Gasteiger partial charge in [0.15, 0.2) is 0 Å². The van der Waals surface area contributed by atoms with Crippen molar-refractivity contribution in [1.82, 2.24) is 0 Å². The molecule has 0 saturated heterocycles. The Morgan fingerprint density at radius 1 is 1.46 bits per heavy atom. The minimum atomic E-state index is -0.112. The molecule has 1 aliphatic rings. The van der Waals surface area contributed by atoms with Gasteiger partial charge in [0.2, 0.25) is 0 Å². The van der Waals surface area contributed by atoms with Crippen molar-refractivity contribution in [2.24, 2.45) is 5.73 Å². The van der Waals surface area contributed by atoms with Gasteiger partial charge in [-0.2, -0.15) is 0 Å². The van der Waals surface area contributed by atoms with Gasteiger partial charge in [-0.1, -0.05) is 12.8 Å². The van der Waals surface area contributed by atoms with Crippen LogP contribution in [0.4, 0.5) is 0 Å². The van der Waals surface area contributed by atoms with E-state index in [1.54, 1.807) is 0 Å². The molecule has 0 aromatic rings. The zero-order chi connectivity index (χ0) is 9.73. The van der Waals surface area contributed by atoms with E-state index in [1.165, 1.54) is 12.8 Å². The number of nitrogens with two attached hydrogens (primary N) is 1. The van der Waals surface area contributed by atoms with E-state index in [-0.39, 0.29) is 11.5 Å². The first-order chi connectivity index (χ1) is 6.16. The van der Waals surface area contributed by atoms with Gasteiger partial charge in [-0.3, -0.25) is 4.79 Å². The van der Waals surface area contributed by atoms with E-state index in [4.69, 9.17) is 10.5 Å². The lowest BCUT2D eigenvalue weighted by Crippen LogP contribution is -2.36. The molecule has 1 aliphatic carbocycles. The maximum atomic E-state index is 11.1. The molecular weight excluding hydrogens is 166 g/mol. The van der Waals surface area contributed by atoms with Gasteiger partial charge in [-0.15, -0.1) is 0 Å². The Morgan fingerprint density at radius 2 is 2.08 bits per heavy atom. The van der Waals surface area contributed by atoms with Crippen LogP contribution in [0.5, 0.6) is 0 Å². The molecule has 3 heteroatoms. The first kappa shape index (κ1) is 10.5. The summed E-state index contributed by atoms with van der Waals surface area (Å²) in [6.45, 7) is 2.29. The van der Waals surface area contributed by atoms with E-state index in [0.717, 1.165) is 19.3 Å². The predicted octanol–water partition coefficient (Wildman–Crippen LogP) is 1.60. The monoisotopic (exact) mass is 185 g/mol. The summed E-state index contributed by atoms with van der Waals surface area (Å²) >= 11 is 0. The Balaban J connectivity index is 2.21. The number of rotatable bonds is 4. The molecule has 0 bridgehead atoms. The van der Waals surface area contributed by atoms with Crippen molar-refractivity contribution in [2.45, 2.75) is 51.0 Å². The smallest absolute Gasteiger partial charge is 0.305 e. The Hall–Kier alpha value is -0.570. The summed E-state index contributed by atoms with van der Waals surface area (Å²) in [6.07, 6.45) is 5.80. The Bertz CT molecular complexity index is 174. The lowest BCUT2D eigenvalue weighted by Gasteiger charge is -2.22. The minimum absolute atomic E-state index is 0.0766. The fourth-order valence-corrected chi connectivity index (χ4v) is 1.91. The van der Waals surface area contributed by atoms with Crippen LogP contribution in [0.2, 0.25) is 0 Å². The van der Waals surface area contributed by atoms with Gasteiger partial charge in [0.1, 0.15) is 0 Å². The summed E-state index contributed by atoms with van der Waals surface area (Å²) in [5, 5.41) is 0. The third-order valence-corrected chi connectivity index (χ3v) is 2.73. The maximum Gasteiger partial charge on any atom is 0.305 e. The minimum Gasteiger partial charge on any atom is -0.466 e. The highest BCUT2D eigenvalue weighted by molar-refractivity contribution is 5.69. The van der Waals surface area contributed by atoms with Crippen LogP contribution in [0.1, 0.15) is 45.4 Å². The second-order valence-electron chi connectivity index (χ2n) is 3.87. The van der Waals surface area contributed by atoms with Gasteiger partial charge in [-0.25, -0.2) is 0 Å². The van der Waals surface area contributed by atoms with E-state index in [9.17, 15) is 4.79 Å². The van der Waals surface area contributed by atoms with Gasteiger partial charge in [0, 0.05) is 12.0 Å². The molecule has 76 valence electrons. The molecule has 0 aliphatic heterocycles. The van der Waals surface area contributed by atoms with Crippen molar-refractivity contribution >= 4 is 5.97 Å². The number of hydrogen-bond acceptors (Lipinski definition) is 3. The summed E-state index contributed by atoms with van der Waals surface area (Å²) < 4.78 is 4.85. The first-order valence-corrected chi connectivity index (χ1v) is 5.11. The standard InChI is InChI=1S/C10H19NO2/c1-2-13-9(12)5-8-10(11)6-3-4-7-10/h2-8,11H2,1H3. The average Bonchev–Trinajstić information content (AvgIpc) is 2.51. The molecule has 0 radical (unpaired) electrons. The molecule has 0 spiro atoms. The van der Waals surface area contributed by atoms with Crippen molar-refractivity contribution in [3.8, 4) is 0 Å². The van der Waals surface area contributed by atoms with Crippen LogP contribution < -0.4 is 5.73 Å². The zero-order valence-corrected chi connectivity index (χ0v) is 8.34. The van der Waals surface area contributed by atoms with Crippen molar-refractivity contribution in [2.75, 3.05) is 6.61 Å². The van der Waals surface area contributed by atoms with Gasteiger partial charge < -0.3 is 10.5 Å². The van der Waals surface area contributed by atoms with Crippen molar-refractivity contribution < 1.29 is 9.53 Å². The predicted molar refractivity (Wildman–Crippen MR) is 51.3 cm³/mol. The van der Waals surface area contributed by atoms with Crippen LogP contribution in [-0.2, 0) is 9.53 Å².